The van der Waals surface area contributed by atoms with Crippen LogP contribution in [-0.4, -0.2) is 17.3 Å². The molecular weight excluding hydrogens is 294 g/mol. The molecule has 2 rings (SSSR count). The molecule has 2 aromatic rings. The Kier molecular flexibility index (Phi) is 10.8. The van der Waals surface area contributed by atoms with E-state index in [1.54, 1.807) is 13.8 Å². The third kappa shape index (κ3) is 10.3. The number of benzene rings is 2. The Balaban J connectivity index is 0.000000343. The molecule has 2 nitrogen and oxygen atoms in total. The van der Waals surface area contributed by atoms with Crippen LogP contribution in [0.3, 0.4) is 0 Å². The van der Waals surface area contributed by atoms with Crippen molar-refractivity contribution in [2.24, 2.45) is 5.73 Å². The monoisotopic (exact) mass is 323 g/mol. The lowest BCUT2D eigenvalue weighted by Crippen LogP contribution is -2.29. The molecule has 0 amide bonds. The normalized spacial score (nSPS) is 9.50. The summed E-state index contributed by atoms with van der Waals surface area (Å²) in [7, 11) is 0. The van der Waals surface area contributed by atoms with Crippen molar-refractivity contribution in [1.82, 2.24) is 0 Å². The highest BCUT2D eigenvalue weighted by Crippen LogP contribution is 2.10. The van der Waals surface area contributed by atoms with E-state index in [1.807, 2.05) is 72.8 Å². The molecule has 0 saturated carbocycles. The minimum atomic E-state index is -0.681. The number of rotatable bonds is 4. The summed E-state index contributed by atoms with van der Waals surface area (Å²) in [5, 5.41) is 8.70. The molecule has 0 aliphatic heterocycles. The van der Waals surface area contributed by atoms with Crippen LogP contribution >= 0.6 is 0 Å². The Morgan fingerprint density at radius 1 is 0.833 bits per heavy atom. The Labute approximate surface area is 146 Å². The molecule has 0 unspecified atom stereocenters. The van der Waals surface area contributed by atoms with Crippen molar-refractivity contribution in [3.8, 4) is 0 Å². The van der Waals surface area contributed by atoms with E-state index in [2.05, 4.69) is 19.7 Å². The molecule has 0 atom stereocenters. The maximum atomic E-state index is 8.70. The van der Waals surface area contributed by atoms with Crippen LogP contribution in [0, 0.1) is 0 Å². The molecule has 2 aromatic carbocycles. The first-order chi connectivity index (χ1) is 11.4. The van der Waals surface area contributed by atoms with E-state index in [0.717, 1.165) is 11.1 Å². The van der Waals surface area contributed by atoms with Crippen molar-refractivity contribution in [2.45, 2.75) is 19.4 Å². The lowest BCUT2D eigenvalue weighted by atomic mass is 10.1. The predicted octanol–water partition coefficient (Wildman–Crippen LogP) is 5.02. The van der Waals surface area contributed by atoms with Crippen LogP contribution in [-0.2, 0) is 0 Å². The van der Waals surface area contributed by atoms with E-state index in [1.165, 1.54) is 5.56 Å². The van der Waals surface area contributed by atoms with Gasteiger partial charge in [-0.15, -0.1) is 0 Å². The summed E-state index contributed by atoms with van der Waals surface area (Å²) < 4.78 is 0. The van der Waals surface area contributed by atoms with Gasteiger partial charge in [0, 0.05) is 6.54 Å². The summed E-state index contributed by atoms with van der Waals surface area (Å²) in [5.74, 6) is 0. The van der Waals surface area contributed by atoms with Gasteiger partial charge in [-0.05, 0) is 30.5 Å². The number of hydrogen-bond donors (Lipinski definition) is 2. The van der Waals surface area contributed by atoms with Crippen LogP contribution in [0.1, 0.15) is 30.5 Å². The molecule has 0 spiro atoms. The van der Waals surface area contributed by atoms with Gasteiger partial charge in [-0.3, -0.25) is 0 Å². The summed E-state index contributed by atoms with van der Waals surface area (Å²) >= 11 is 0. The van der Waals surface area contributed by atoms with Crippen LogP contribution in [0.25, 0.3) is 18.2 Å². The van der Waals surface area contributed by atoms with Crippen LogP contribution in [0.15, 0.2) is 74.3 Å². The van der Waals surface area contributed by atoms with E-state index >= 15 is 0 Å². The Hall–Kier alpha value is -2.42. The SMILES string of the molecule is C=Cc1ccccc1.C=Cc1ccccc1C=C.CC(C)(O)CN. The molecule has 0 heterocycles. The third-order valence-corrected chi connectivity index (χ3v) is 2.97. The van der Waals surface area contributed by atoms with E-state index in [-0.39, 0.29) is 0 Å². The van der Waals surface area contributed by atoms with E-state index in [4.69, 9.17) is 10.8 Å². The van der Waals surface area contributed by atoms with Gasteiger partial charge in [0.1, 0.15) is 0 Å². The minimum Gasteiger partial charge on any atom is -0.389 e. The van der Waals surface area contributed by atoms with Crippen molar-refractivity contribution >= 4 is 18.2 Å². The molecule has 0 bridgehead atoms. The average Bonchev–Trinajstić information content (AvgIpc) is 2.62. The molecule has 3 N–H and O–H groups in total. The van der Waals surface area contributed by atoms with E-state index in [0.29, 0.717) is 6.54 Å². The number of aliphatic hydroxyl groups is 1. The third-order valence-electron chi connectivity index (χ3n) is 2.97. The van der Waals surface area contributed by atoms with Gasteiger partial charge in [0.25, 0.3) is 0 Å². The van der Waals surface area contributed by atoms with Gasteiger partial charge in [-0.25, -0.2) is 0 Å². The van der Waals surface area contributed by atoms with Gasteiger partial charge in [0.2, 0.25) is 0 Å². The summed E-state index contributed by atoms with van der Waals surface area (Å²) in [6.07, 6.45) is 5.49. The maximum absolute atomic E-state index is 8.70. The zero-order valence-corrected chi connectivity index (χ0v) is 14.8. The summed E-state index contributed by atoms with van der Waals surface area (Å²) in [5.41, 5.74) is 7.82. The second kappa shape index (κ2) is 12.1. The number of nitrogens with two attached hydrogens (primary N) is 1. The predicted molar refractivity (Wildman–Crippen MR) is 109 cm³/mol. The molecule has 0 saturated heterocycles. The molecule has 2 heteroatoms. The molecule has 128 valence electrons. The molecule has 0 radical (unpaired) electrons. The van der Waals surface area contributed by atoms with Crippen molar-refractivity contribution in [1.29, 1.82) is 0 Å². The average molecular weight is 323 g/mol. The van der Waals surface area contributed by atoms with Crippen LogP contribution in [0.2, 0.25) is 0 Å². The van der Waals surface area contributed by atoms with Crippen LogP contribution in [0.5, 0.6) is 0 Å². The second-order valence-corrected chi connectivity index (χ2v) is 5.67. The number of hydrogen-bond acceptors (Lipinski definition) is 2. The van der Waals surface area contributed by atoms with Gasteiger partial charge >= 0.3 is 0 Å². The molecule has 0 aliphatic rings. The molecule has 0 fully saturated rings. The fraction of sp³-hybridized carbons (Fsp3) is 0.182. The van der Waals surface area contributed by atoms with Gasteiger partial charge < -0.3 is 10.8 Å². The Morgan fingerprint density at radius 3 is 1.46 bits per heavy atom. The lowest BCUT2D eigenvalue weighted by molar-refractivity contribution is 0.0898. The summed E-state index contributed by atoms with van der Waals surface area (Å²) in [6, 6.07) is 18.0. The zero-order valence-electron chi connectivity index (χ0n) is 14.8. The van der Waals surface area contributed by atoms with Crippen LogP contribution in [0.4, 0.5) is 0 Å². The van der Waals surface area contributed by atoms with Gasteiger partial charge in [0.15, 0.2) is 0 Å². The maximum Gasteiger partial charge on any atom is 0.0713 e. The molecule has 0 aliphatic carbocycles. The lowest BCUT2D eigenvalue weighted by Gasteiger charge is -2.11. The van der Waals surface area contributed by atoms with E-state index in [9.17, 15) is 0 Å². The van der Waals surface area contributed by atoms with Crippen molar-refractivity contribution in [2.75, 3.05) is 6.54 Å². The van der Waals surface area contributed by atoms with Gasteiger partial charge in [-0.2, -0.15) is 0 Å². The Bertz CT molecular complexity index is 582. The topological polar surface area (TPSA) is 46.2 Å². The molecular formula is C22H29NO. The summed E-state index contributed by atoms with van der Waals surface area (Å²) in [6.45, 7) is 14.7. The van der Waals surface area contributed by atoms with Crippen molar-refractivity contribution in [3.63, 3.8) is 0 Å². The first kappa shape index (κ1) is 21.6. The first-order valence-corrected chi connectivity index (χ1v) is 7.81. The first-order valence-electron chi connectivity index (χ1n) is 7.81. The highest BCUT2D eigenvalue weighted by atomic mass is 16.3. The largest absolute Gasteiger partial charge is 0.389 e. The summed E-state index contributed by atoms with van der Waals surface area (Å²) in [4.78, 5) is 0. The standard InChI is InChI=1S/C10H10.C8H8.C4H11NO/c1-3-9-7-5-6-8-10(9)4-2;1-2-8-6-4-3-5-7-8;1-4(2,6)3-5/h3-8H,1-2H2;2-7H,1H2;6H,3,5H2,1-2H3. The fourth-order valence-electron chi connectivity index (χ4n) is 1.47. The smallest absolute Gasteiger partial charge is 0.0713 e. The van der Waals surface area contributed by atoms with Gasteiger partial charge in [0.05, 0.1) is 5.60 Å². The second-order valence-electron chi connectivity index (χ2n) is 5.67. The minimum absolute atomic E-state index is 0.326. The zero-order chi connectivity index (χ0) is 18.4. The highest BCUT2D eigenvalue weighted by Gasteiger charge is 2.06. The van der Waals surface area contributed by atoms with Crippen molar-refractivity contribution < 1.29 is 5.11 Å². The van der Waals surface area contributed by atoms with E-state index < -0.39 is 5.60 Å². The quantitative estimate of drug-likeness (QED) is 0.830. The highest BCUT2D eigenvalue weighted by molar-refractivity contribution is 5.63. The molecule has 0 aromatic heterocycles. The van der Waals surface area contributed by atoms with Crippen molar-refractivity contribution in [3.05, 3.63) is 91.0 Å². The van der Waals surface area contributed by atoms with Gasteiger partial charge in [-0.1, -0.05) is 92.6 Å². The van der Waals surface area contributed by atoms with Crippen LogP contribution < -0.4 is 5.73 Å². The molecule has 24 heavy (non-hydrogen) atoms. The fourth-order valence-corrected chi connectivity index (χ4v) is 1.47. The Morgan fingerprint density at radius 2 is 1.21 bits per heavy atom.